The van der Waals surface area contributed by atoms with Crippen LogP contribution in [-0.2, 0) is 16.6 Å². The van der Waals surface area contributed by atoms with Gasteiger partial charge in [-0.1, -0.05) is 19.3 Å². The molecule has 5 rings (SSSR count). The van der Waals surface area contributed by atoms with Gasteiger partial charge < -0.3 is 14.5 Å². The largest absolute Gasteiger partial charge is 0.375 e. The summed E-state index contributed by atoms with van der Waals surface area (Å²) in [6, 6.07) is 0. The molecule has 32 heavy (non-hydrogen) atoms. The van der Waals surface area contributed by atoms with E-state index in [1.807, 2.05) is 18.1 Å². The van der Waals surface area contributed by atoms with Crippen LogP contribution in [0.5, 0.6) is 0 Å². The number of nitrogens with zero attached hydrogens (tertiary/aromatic N) is 7. The van der Waals surface area contributed by atoms with Gasteiger partial charge in [0.15, 0.2) is 5.65 Å². The summed E-state index contributed by atoms with van der Waals surface area (Å²) < 4.78 is 8.11. The third-order valence-electron chi connectivity index (χ3n) is 7.27. The van der Waals surface area contributed by atoms with Crippen LogP contribution in [0.25, 0.3) is 11.0 Å². The van der Waals surface area contributed by atoms with E-state index in [-0.39, 0.29) is 5.91 Å². The van der Waals surface area contributed by atoms with Gasteiger partial charge in [-0.05, 0) is 25.7 Å². The number of likely N-dealkylation sites (tertiary alicyclic amines) is 1. The van der Waals surface area contributed by atoms with Gasteiger partial charge in [0.1, 0.15) is 12.1 Å². The molecule has 0 N–H and O–H groups in total. The van der Waals surface area contributed by atoms with Gasteiger partial charge in [0, 0.05) is 46.3 Å². The number of hydrogen-bond acceptors (Lipinski definition) is 7. The van der Waals surface area contributed by atoms with E-state index in [2.05, 4.69) is 24.9 Å². The molecule has 1 aliphatic carbocycles. The first-order valence-corrected chi connectivity index (χ1v) is 12.2. The Balaban J connectivity index is 1.07. The number of hydrogen-bond donors (Lipinski definition) is 0. The Morgan fingerprint density at radius 1 is 0.969 bits per heavy atom. The molecule has 2 aliphatic heterocycles. The van der Waals surface area contributed by atoms with Crippen molar-refractivity contribution in [2.75, 3.05) is 50.7 Å². The second kappa shape index (κ2) is 9.70. The number of piperazine rings is 1. The van der Waals surface area contributed by atoms with Crippen molar-refractivity contribution in [3.8, 4) is 0 Å². The highest BCUT2D eigenvalue weighted by Gasteiger charge is 2.28. The smallest absolute Gasteiger partial charge is 0.236 e. The fourth-order valence-corrected chi connectivity index (χ4v) is 5.34. The number of carbonyl (C=O) groups excluding carboxylic acids is 1. The highest BCUT2D eigenvalue weighted by molar-refractivity contribution is 5.87. The Morgan fingerprint density at radius 2 is 1.69 bits per heavy atom. The second-order valence-corrected chi connectivity index (χ2v) is 9.44. The third kappa shape index (κ3) is 4.73. The molecule has 1 amide bonds. The van der Waals surface area contributed by atoms with Crippen molar-refractivity contribution in [1.29, 1.82) is 0 Å². The summed E-state index contributed by atoms with van der Waals surface area (Å²) in [4.78, 5) is 28.3. The first kappa shape index (κ1) is 21.6. The van der Waals surface area contributed by atoms with Crippen molar-refractivity contribution < 1.29 is 9.53 Å². The van der Waals surface area contributed by atoms with Crippen LogP contribution < -0.4 is 4.90 Å². The average molecular weight is 442 g/mol. The molecule has 9 nitrogen and oxygen atoms in total. The van der Waals surface area contributed by atoms with Gasteiger partial charge in [-0.15, -0.1) is 0 Å². The normalized spacial score (nSPS) is 22.0. The van der Waals surface area contributed by atoms with Gasteiger partial charge in [0.25, 0.3) is 0 Å². The van der Waals surface area contributed by atoms with Crippen LogP contribution in [0.2, 0.25) is 0 Å². The Labute approximate surface area is 189 Å². The van der Waals surface area contributed by atoms with Crippen molar-refractivity contribution in [2.45, 2.75) is 57.2 Å². The molecule has 0 spiro atoms. The lowest BCUT2D eigenvalue weighted by Gasteiger charge is -2.38. The van der Waals surface area contributed by atoms with Crippen LogP contribution >= 0.6 is 0 Å². The average Bonchev–Trinajstić information content (AvgIpc) is 3.22. The minimum atomic E-state index is 0.241. The summed E-state index contributed by atoms with van der Waals surface area (Å²) in [7, 11) is 1.89. The lowest BCUT2D eigenvalue weighted by Crippen LogP contribution is -2.52. The fourth-order valence-electron chi connectivity index (χ4n) is 5.34. The summed E-state index contributed by atoms with van der Waals surface area (Å²) >= 11 is 0. The van der Waals surface area contributed by atoms with Crippen LogP contribution in [0.15, 0.2) is 12.5 Å². The number of ether oxygens (including phenoxy) is 1. The molecule has 9 heteroatoms. The second-order valence-electron chi connectivity index (χ2n) is 9.44. The van der Waals surface area contributed by atoms with E-state index in [0.29, 0.717) is 18.8 Å². The van der Waals surface area contributed by atoms with E-state index in [9.17, 15) is 4.79 Å². The minimum absolute atomic E-state index is 0.241. The highest BCUT2D eigenvalue weighted by Crippen LogP contribution is 2.25. The molecule has 0 atom stereocenters. The van der Waals surface area contributed by atoms with Crippen LogP contribution in [0.4, 0.5) is 5.82 Å². The van der Waals surface area contributed by atoms with E-state index >= 15 is 0 Å². The predicted octanol–water partition coefficient (Wildman–Crippen LogP) is 1.83. The molecular weight excluding hydrogens is 406 g/mol. The Hall–Kier alpha value is -2.26. The molecule has 174 valence electrons. The number of fused-ring (bicyclic) bond motifs is 1. The molecule has 0 aromatic carbocycles. The summed E-state index contributed by atoms with van der Waals surface area (Å²) in [5, 5.41) is 5.27. The Bertz CT molecular complexity index is 910. The quantitative estimate of drug-likeness (QED) is 0.700. The summed E-state index contributed by atoms with van der Waals surface area (Å²) in [6.45, 7) is 5.47. The minimum Gasteiger partial charge on any atom is -0.375 e. The van der Waals surface area contributed by atoms with Gasteiger partial charge >= 0.3 is 0 Å². The molecule has 3 fully saturated rings. The van der Waals surface area contributed by atoms with Gasteiger partial charge in [-0.3, -0.25) is 14.4 Å². The Morgan fingerprint density at radius 3 is 2.44 bits per heavy atom. The first-order chi connectivity index (χ1) is 15.7. The third-order valence-corrected chi connectivity index (χ3v) is 7.27. The molecule has 3 aliphatic rings. The van der Waals surface area contributed by atoms with Gasteiger partial charge in [0.2, 0.25) is 5.91 Å². The van der Waals surface area contributed by atoms with Crippen molar-refractivity contribution in [3.63, 3.8) is 0 Å². The van der Waals surface area contributed by atoms with E-state index in [1.165, 1.54) is 32.1 Å². The molecule has 1 saturated carbocycles. The van der Waals surface area contributed by atoms with Crippen LogP contribution in [0.1, 0.15) is 44.9 Å². The van der Waals surface area contributed by atoms with E-state index in [0.717, 1.165) is 69.0 Å². The summed E-state index contributed by atoms with van der Waals surface area (Å²) in [5.41, 5.74) is 0.837. The number of anilines is 1. The number of aromatic nitrogens is 4. The molecule has 4 heterocycles. The number of aryl methyl sites for hydroxylation is 1. The van der Waals surface area contributed by atoms with E-state index in [4.69, 9.17) is 4.74 Å². The number of carbonyl (C=O) groups is 1. The SMILES string of the molecule is Cn1ncc2c(N3CCN(C(=O)CN4CCC(OC5CCCCC5)CC4)CC3)ncnc21. The van der Waals surface area contributed by atoms with Crippen LogP contribution in [-0.4, -0.2) is 93.5 Å². The van der Waals surface area contributed by atoms with Crippen molar-refractivity contribution in [3.05, 3.63) is 12.5 Å². The fraction of sp³-hybridized carbons (Fsp3) is 0.739. The molecule has 0 unspecified atom stereocenters. The topological polar surface area (TPSA) is 79.6 Å². The van der Waals surface area contributed by atoms with Crippen molar-refractivity contribution >= 4 is 22.8 Å². The molecule has 2 aromatic heterocycles. The summed E-state index contributed by atoms with van der Waals surface area (Å²) in [5.74, 6) is 1.15. The zero-order valence-corrected chi connectivity index (χ0v) is 19.2. The zero-order chi connectivity index (χ0) is 21.9. The number of rotatable bonds is 5. The molecule has 2 saturated heterocycles. The van der Waals surface area contributed by atoms with Crippen LogP contribution in [0.3, 0.4) is 0 Å². The maximum absolute atomic E-state index is 12.9. The van der Waals surface area contributed by atoms with Crippen LogP contribution in [0, 0.1) is 0 Å². The number of amides is 1. The zero-order valence-electron chi connectivity index (χ0n) is 19.2. The highest BCUT2D eigenvalue weighted by atomic mass is 16.5. The van der Waals surface area contributed by atoms with Gasteiger partial charge in [-0.2, -0.15) is 5.10 Å². The first-order valence-electron chi connectivity index (χ1n) is 12.2. The van der Waals surface area contributed by atoms with E-state index in [1.54, 1.807) is 11.0 Å². The standard InChI is InChI=1S/C23H35N7O2/c1-27-22-20(15-26-27)23(25-17-24-22)30-13-11-29(12-14-30)21(31)16-28-9-7-19(8-10-28)32-18-5-3-2-4-6-18/h15,17-19H,2-14,16H2,1H3. The predicted molar refractivity (Wildman–Crippen MR) is 123 cm³/mol. The van der Waals surface area contributed by atoms with Gasteiger partial charge in [-0.25, -0.2) is 9.97 Å². The molecular formula is C23H35N7O2. The maximum atomic E-state index is 12.9. The van der Waals surface area contributed by atoms with Gasteiger partial charge in [0.05, 0.1) is 30.3 Å². The lowest BCUT2D eigenvalue weighted by atomic mass is 9.97. The van der Waals surface area contributed by atoms with Crippen molar-refractivity contribution in [1.82, 2.24) is 29.5 Å². The molecule has 0 bridgehead atoms. The lowest BCUT2D eigenvalue weighted by molar-refractivity contribution is -0.133. The molecule has 2 aromatic rings. The van der Waals surface area contributed by atoms with Crippen molar-refractivity contribution in [2.24, 2.45) is 7.05 Å². The number of piperidine rings is 1. The van der Waals surface area contributed by atoms with E-state index < -0.39 is 0 Å². The Kier molecular flexibility index (Phi) is 6.54. The molecule has 0 radical (unpaired) electrons. The maximum Gasteiger partial charge on any atom is 0.236 e. The summed E-state index contributed by atoms with van der Waals surface area (Å²) in [6.07, 6.45) is 12.8. The monoisotopic (exact) mass is 441 g/mol.